The maximum atomic E-state index is 13.0. The second-order valence-corrected chi connectivity index (χ2v) is 8.39. The molecule has 0 N–H and O–H groups in total. The van der Waals surface area contributed by atoms with Crippen LogP contribution in [0.1, 0.15) is 12.8 Å². The summed E-state index contributed by atoms with van der Waals surface area (Å²) in [6, 6.07) is 1.73. The minimum absolute atomic E-state index is 0.0106. The molecule has 0 spiro atoms. The van der Waals surface area contributed by atoms with E-state index in [-0.39, 0.29) is 17.5 Å². The molecule has 0 bridgehead atoms. The van der Waals surface area contributed by atoms with Gasteiger partial charge in [0.1, 0.15) is 0 Å². The van der Waals surface area contributed by atoms with E-state index in [0.717, 1.165) is 0 Å². The van der Waals surface area contributed by atoms with E-state index in [2.05, 4.69) is 10.1 Å². The van der Waals surface area contributed by atoms with Gasteiger partial charge in [0.25, 0.3) is 15.9 Å². The Kier molecular flexibility index (Phi) is 4.41. The number of aryl methyl sites for hydroxylation is 1. The van der Waals surface area contributed by atoms with Crippen molar-refractivity contribution in [3.63, 3.8) is 0 Å². The molecule has 3 heterocycles. The van der Waals surface area contributed by atoms with Crippen molar-refractivity contribution in [1.29, 1.82) is 0 Å². The Bertz CT molecular complexity index is 858. The monoisotopic (exact) mass is 366 g/mol. The van der Waals surface area contributed by atoms with Crippen LogP contribution in [0.15, 0.2) is 36.0 Å². The number of hydrogen-bond donors (Lipinski definition) is 0. The van der Waals surface area contributed by atoms with Crippen LogP contribution < -0.4 is 0 Å². The van der Waals surface area contributed by atoms with Crippen molar-refractivity contribution in [3.05, 3.63) is 31.0 Å². The molecule has 25 heavy (non-hydrogen) atoms. The fourth-order valence-electron chi connectivity index (χ4n) is 3.25. The lowest BCUT2D eigenvalue weighted by Gasteiger charge is -2.42. The van der Waals surface area contributed by atoms with E-state index in [9.17, 15) is 13.2 Å². The maximum absolute atomic E-state index is 13.0. The van der Waals surface area contributed by atoms with Gasteiger partial charge in [0.05, 0.1) is 6.33 Å². The minimum Gasteiger partial charge on any atom is -0.347 e. The number of rotatable bonds is 4. The predicted molar refractivity (Wildman–Crippen MR) is 90.1 cm³/mol. The Hall–Kier alpha value is -2.20. The summed E-state index contributed by atoms with van der Waals surface area (Å²) >= 11 is 0. The minimum atomic E-state index is -3.77. The molecule has 1 unspecified atom stereocenters. The van der Waals surface area contributed by atoms with E-state index in [4.69, 9.17) is 0 Å². The summed E-state index contributed by atoms with van der Waals surface area (Å²) in [5, 5.41) is 4.23. The molecule has 1 aliphatic heterocycles. The lowest BCUT2D eigenvalue weighted by atomic mass is 9.88. The van der Waals surface area contributed by atoms with Crippen molar-refractivity contribution in [2.45, 2.75) is 23.4 Å². The van der Waals surface area contributed by atoms with Gasteiger partial charge >= 0.3 is 0 Å². The maximum Gasteiger partial charge on any atom is 0.262 e. The Morgan fingerprint density at radius 2 is 2.12 bits per heavy atom. The van der Waals surface area contributed by atoms with Crippen molar-refractivity contribution < 1.29 is 13.2 Å². The van der Waals surface area contributed by atoms with Crippen LogP contribution in [-0.2, 0) is 27.4 Å². The third-order valence-electron chi connectivity index (χ3n) is 4.47. The van der Waals surface area contributed by atoms with Gasteiger partial charge in [-0.25, -0.2) is 13.4 Å². The lowest BCUT2D eigenvalue weighted by molar-refractivity contribution is -0.141. The fourth-order valence-corrected chi connectivity index (χ4v) is 4.75. The van der Waals surface area contributed by atoms with Gasteiger partial charge in [-0.3, -0.25) is 9.48 Å². The third kappa shape index (κ3) is 2.95. The number of piperidine rings is 1. The molecule has 1 amide bonds. The van der Waals surface area contributed by atoms with E-state index in [1.54, 1.807) is 48.9 Å². The Morgan fingerprint density at radius 3 is 2.68 bits per heavy atom. The zero-order valence-corrected chi connectivity index (χ0v) is 15.3. The van der Waals surface area contributed by atoms with Crippen LogP contribution in [0.4, 0.5) is 0 Å². The first-order valence-electron chi connectivity index (χ1n) is 7.97. The molecule has 2 aromatic rings. The van der Waals surface area contributed by atoms with Gasteiger partial charge in [-0.15, -0.1) is 0 Å². The van der Waals surface area contributed by atoms with E-state index < -0.39 is 15.6 Å². The molecule has 0 radical (unpaired) electrons. The normalized spacial score (nSPS) is 22.0. The first-order chi connectivity index (χ1) is 11.8. The zero-order chi connectivity index (χ0) is 18.2. The van der Waals surface area contributed by atoms with E-state index in [1.165, 1.54) is 21.7 Å². The predicted octanol–water partition coefficient (Wildman–Crippen LogP) is -0.115. The highest BCUT2D eigenvalue weighted by Crippen LogP contribution is 2.32. The number of nitrogens with zero attached hydrogens (tertiary/aromatic N) is 6. The molecule has 0 aliphatic carbocycles. The second kappa shape index (κ2) is 6.26. The summed E-state index contributed by atoms with van der Waals surface area (Å²) in [7, 11) is 1.27. The van der Waals surface area contributed by atoms with E-state index in [0.29, 0.717) is 19.4 Å². The van der Waals surface area contributed by atoms with Gasteiger partial charge in [0, 0.05) is 52.8 Å². The topological polar surface area (TPSA) is 93.3 Å². The van der Waals surface area contributed by atoms with Gasteiger partial charge in [0.15, 0.2) is 10.6 Å². The summed E-state index contributed by atoms with van der Waals surface area (Å²) in [6.45, 7) is 0.382. The van der Waals surface area contributed by atoms with E-state index in [1.807, 2.05) is 0 Å². The standard InChI is InChI=1S/C15H22N6O3S/c1-18(2)14(22)15(21-9-5-7-17-21)6-4-8-20(11-15)25(23,24)13-10-19(3)12-16-13/h5,7,9-10,12H,4,6,8,11H2,1-3H3. The summed E-state index contributed by atoms with van der Waals surface area (Å²) < 4.78 is 30.4. The smallest absolute Gasteiger partial charge is 0.262 e. The van der Waals surface area contributed by atoms with Crippen LogP contribution in [0.5, 0.6) is 0 Å². The highest BCUT2D eigenvalue weighted by molar-refractivity contribution is 7.89. The van der Waals surface area contributed by atoms with Crippen LogP contribution in [-0.4, -0.2) is 70.0 Å². The molecular formula is C15H22N6O3S. The molecular weight excluding hydrogens is 344 g/mol. The number of aromatic nitrogens is 4. The molecule has 0 aromatic carbocycles. The van der Waals surface area contributed by atoms with Crippen LogP contribution in [0.3, 0.4) is 0 Å². The first-order valence-corrected chi connectivity index (χ1v) is 9.41. The lowest BCUT2D eigenvalue weighted by Crippen LogP contribution is -2.59. The number of hydrogen-bond acceptors (Lipinski definition) is 5. The summed E-state index contributed by atoms with van der Waals surface area (Å²) in [5.74, 6) is -0.169. The summed E-state index contributed by atoms with van der Waals surface area (Å²) in [5.41, 5.74) is -1.05. The molecule has 3 rings (SSSR count). The fraction of sp³-hybridized carbons (Fsp3) is 0.533. The largest absolute Gasteiger partial charge is 0.347 e. The third-order valence-corrected chi connectivity index (χ3v) is 6.20. The molecule has 1 fully saturated rings. The molecule has 136 valence electrons. The molecule has 1 atom stereocenters. The van der Waals surface area contributed by atoms with Crippen LogP contribution in [0.25, 0.3) is 0 Å². The Morgan fingerprint density at radius 1 is 1.36 bits per heavy atom. The number of carbonyl (C=O) groups excluding carboxylic acids is 1. The SMILES string of the molecule is CN(C)C(=O)C1(n2cccn2)CCCN(S(=O)(=O)c2cn(C)cn2)C1. The molecule has 9 nitrogen and oxygen atoms in total. The first kappa shape index (κ1) is 17.6. The van der Waals surface area contributed by atoms with Crippen molar-refractivity contribution in [3.8, 4) is 0 Å². The highest BCUT2D eigenvalue weighted by atomic mass is 32.2. The number of amides is 1. The van der Waals surface area contributed by atoms with Gasteiger partial charge in [-0.05, 0) is 18.9 Å². The zero-order valence-electron chi connectivity index (χ0n) is 14.5. The van der Waals surface area contributed by atoms with Crippen molar-refractivity contribution in [2.24, 2.45) is 7.05 Å². The van der Waals surface area contributed by atoms with Crippen molar-refractivity contribution >= 4 is 15.9 Å². The van der Waals surface area contributed by atoms with Gasteiger partial charge < -0.3 is 9.47 Å². The molecule has 0 saturated carbocycles. The molecule has 1 saturated heterocycles. The average Bonchev–Trinajstić information content (AvgIpc) is 3.26. The van der Waals surface area contributed by atoms with Crippen molar-refractivity contribution in [1.82, 2.24) is 28.5 Å². The number of sulfonamides is 1. The summed E-state index contributed by atoms with van der Waals surface area (Å²) in [6.07, 6.45) is 7.30. The quantitative estimate of drug-likeness (QED) is 0.752. The highest BCUT2D eigenvalue weighted by Gasteiger charge is 2.48. The van der Waals surface area contributed by atoms with Gasteiger partial charge in [-0.2, -0.15) is 9.40 Å². The van der Waals surface area contributed by atoms with Crippen LogP contribution in [0, 0.1) is 0 Å². The Labute approximate surface area is 146 Å². The molecule has 10 heteroatoms. The molecule has 1 aliphatic rings. The van der Waals surface area contributed by atoms with Gasteiger partial charge in [0.2, 0.25) is 0 Å². The molecule has 2 aromatic heterocycles. The van der Waals surface area contributed by atoms with Crippen molar-refractivity contribution in [2.75, 3.05) is 27.2 Å². The average molecular weight is 366 g/mol. The van der Waals surface area contributed by atoms with Gasteiger partial charge in [-0.1, -0.05) is 0 Å². The van der Waals surface area contributed by atoms with Crippen LogP contribution >= 0.6 is 0 Å². The van der Waals surface area contributed by atoms with Crippen LogP contribution in [0.2, 0.25) is 0 Å². The summed E-state index contributed by atoms with van der Waals surface area (Å²) in [4.78, 5) is 18.4. The number of likely N-dealkylation sites (N-methyl/N-ethyl adjacent to an activating group) is 1. The Balaban J connectivity index is 2.01. The van der Waals surface area contributed by atoms with E-state index >= 15 is 0 Å². The number of imidazole rings is 1. The number of carbonyl (C=O) groups is 1. The second-order valence-electron chi connectivity index (χ2n) is 6.50.